The maximum absolute atomic E-state index is 12.2. The molecule has 1 aromatic carbocycles. The van der Waals surface area contributed by atoms with Crippen LogP contribution in [-0.2, 0) is 0 Å². The highest BCUT2D eigenvalue weighted by molar-refractivity contribution is 5.94. The highest BCUT2D eigenvalue weighted by atomic mass is 35.5. The number of methoxy groups -OCH3 is 1. The number of hydrogen-bond acceptors (Lipinski definition) is 5. The molecule has 6 nitrogen and oxygen atoms in total. The summed E-state index contributed by atoms with van der Waals surface area (Å²) in [6.45, 7) is 8.46. The van der Waals surface area contributed by atoms with Crippen molar-refractivity contribution in [3.8, 4) is 11.5 Å². The highest BCUT2D eigenvalue weighted by Crippen LogP contribution is 2.27. The van der Waals surface area contributed by atoms with E-state index in [1.54, 1.807) is 25.3 Å². The number of rotatable bonds is 8. The summed E-state index contributed by atoms with van der Waals surface area (Å²) in [6.07, 6.45) is 0.958. The van der Waals surface area contributed by atoms with Crippen molar-refractivity contribution in [3.63, 3.8) is 0 Å². The van der Waals surface area contributed by atoms with Gasteiger partial charge in [0.2, 0.25) is 0 Å². The van der Waals surface area contributed by atoms with Crippen molar-refractivity contribution in [2.45, 2.75) is 13.3 Å². The average Bonchev–Trinajstić information content (AvgIpc) is 2.60. The first-order chi connectivity index (χ1) is 11.2. The molecule has 0 unspecified atom stereocenters. The minimum absolute atomic E-state index is 0. The maximum atomic E-state index is 12.2. The first-order valence-electron chi connectivity index (χ1n) is 8.26. The van der Waals surface area contributed by atoms with Crippen LogP contribution in [0, 0.1) is 0 Å². The maximum Gasteiger partial charge on any atom is 0.251 e. The van der Waals surface area contributed by atoms with E-state index in [9.17, 15) is 4.79 Å². The predicted octanol–water partition coefficient (Wildman–Crippen LogP) is 1.54. The Labute approximate surface area is 150 Å². The first-order valence-corrected chi connectivity index (χ1v) is 8.26. The van der Waals surface area contributed by atoms with E-state index >= 15 is 0 Å². The highest BCUT2D eigenvalue weighted by Gasteiger charge is 2.12. The SMILES string of the molecule is CCOc1ccc(C(=O)NCCCN2CCNCC2)cc1OC.Cl. The Hall–Kier alpha value is -1.50. The third-order valence-electron chi connectivity index (χ3n) is 3.87. The smallest absolute Gasteiger partial charge is 0.251 e. The van der Waals surface area contributed by atoms with E-state index in [1.807, 2.05) is 6.92 Å². The molecule has 0 spiro atoms. The van der Waals surface area contributed by atoms with E-state index in [2.05, 4.69) is 15.5 Å². The van der Waals surface area contributed by atoms with Crippen molar-refractivity contribution < 1.29 is 14.3 Å². The van der Waals surface area contributed by atoms with E-state index in [4.69, 9.17) is 9.47 Å². The number of halogens is 1. The number of benzene rings is 1. The minimum atomic E-state index is -0.0772. The van der Waals surface area contributed by atoms with Gasteiger partial charge in [0.25, 0.3) is 5.91 Å². The first kappa shape index (κ1) is 20.5. The Bertz CT molecular complexity index is 508. The van der Waals surface area contributed by atoms with Crippen LogP contribution in [-0.4, -0.2) is 63.8 Å². The number of piperazine rings is 1. The van der Waals surface area contributed by atoms with E-state index in [-0.39, 0.29) is 18.3 Å². The van der Waals surface area contributed by atoms with Gasteiger partial charge < -0.3 is 25.0 Å². The molecule has 1 aliphatic heterocycles. The molecule has 0 bridgehead atoms. The lowest BCUT2D eigenvalue weighted by Crippen LogP contribution is -2.44. The van der Waals surface area contributed by atoms with Crippen LogP contribution in [0.1, 0.15) is 23.7 Å². The topological polar surface area (TPSA) is 62.8 Å². The Morgan fingerprint density at radius 2 is 2.04 bits per heavy atom. The number of carbonyl (C=O) groups is 1. The Balaban J connectivity index is 0.00000288. The number of nitrogens with zero attached hydrogens (tertiary/aromatic N) is 1. The molecule has 1 aliphatic rings. The van der Waals surface area contributed by atoms with Crippen molar-refractivity contribution in [3.05, 3.63) is 23.8 Å². The predicted molar refractivity (Wildman–Crippen MR) is 97.7 cm³/mol. The lowest BCUT2D eigenvalue weighted by atomic mass is 10.2. The lowest BCUT2D eigenvalue weighted by molar-refractivity contribution is 0.0951. The second kappa shape index (κ2) is 11.1. The van der Waals surface area contributed by atoms with Crippen LogP contribution in [0.2, 0.25) is 0 Å². The summed E-state index contributed by atoms with van der Waals surface area (Å²) < 4.78 is 10.7. The molecule has 7 heteroatoms. The van der Waals surface area contributed by atoms with Gasteiger partial charge in [-0.2, -0.15) is 0 Å². The third kappa shape index (κ3) is 6.19. The molecule has 1 saturated heterocycles. The van der Waals surface area contributed by atoms with Crippen LogP contribution in [0.3, 0.4) is 0 Å². The van der Waals surface area contributed by atoms with Crippen molar-refractivity contribution in [1.82, 2.24) is 15.5 Å². The van der Waals surface area contributed by atoms with Gasteiger partial charge in [-0.3, -0.25) is 4.79 Å². The standard InChI is InChI=1S/C17H27N3O3.ClH/c1-3-23-15-6-5-14(13-16(15)22-2)17(21)19-7-4-10-20-11-8-18-9-12-20;/h5-6,13,18H,3-4,7-12H2,1-2H3,(H,19,21);1H. The number of hydrogen-bond donors (Lipinski definition) is 2. The zero-order chi connectivity index (χ0) is 16.5. The quantitative estimate of drug-likeness (QED) is 0.691. The molecule has 2 N–H and O–H groups in total. The molecule has 1 amide bonds. The summed E-state index contributed by atoms with van der Waals surface area (Å²) in [5, 5.41) is 6.30. The minimum Gasteiger partial charge on any atom is -0.493 e. The Kier molecular flexibility index (Phi) is 9.52. The van der Waals surface area contributed by atoms with Gasteiger partial charge in [-0.15, -0.1) is 12.4 Å². The molecule has 0 radical (unpaired) electrons. The summed E-state index contributed by atoms with van der Waals surface area (Å²) in [6, 6.07) is 5.26. The van der Waals surface area contributed by atoms with E-state index in [1.165, 1.54) is 0 Å². The number of amides is 1. The van der Waals surface area contributed by atoms with Gasteiger partial charge >= 0.3 is 0 Å². The van der Waals surface area contributed by atoms with Crippen molar-refractivity contribution in [1.29, 1.82) is 0 Å². The second-order valence-corrected chi connectivity index (χ2v) is 5.50. The second-order valence-electron chi connectivity index (χ2n) is 5.50. The van der Waals surface area contributed by atoms with Gasteiger partial charge in [-0.25, -0.2) is 0 Å². The summed E-state index contributed by atoms with van der Waals surface area (Å²) in [5.41, 5.74) is 0.590. The molecule has 2 rings (SSSR count). The fourth-order valence-corrected chi connectivity index (χ4v) is 2.62. The largest absolute Gasteiger partial charge is 0.493 e. The normalized spacial score (nSPS) is 14.6. The zero-order valence-corrected chi connectivity index (χ0v) is 15.3. The van der Waals surface area contributed by atoms with Gasteiger partial charge in [0, 0.05) is 38.3 Å². The molecular weight excluding hydrogens is 330 g/mol. The van der Waals surface area contributed by atoms with E-state index in [0.717, 1.165) is 39.1 Å². The fourth-order valence-electron chi connectivity index (χ4n) is 2.62. The lowest BCUT2D eigenvalue weighted by Gasteiger charge is -2.27. The van der Waals surface area contributed by atoms with Crippen molar-refractivity contribution in [2.75, 3.05) is 53.0 Å². The molecule has 1 fully saturated rings. The molecule has 0 saturated carbocycles. The third-order valence-corrected chi connectivity index (χ3v) is 3.87. The summed E-state index contributed by atoms with van der Waals surface area (Å²) in [4.78, 5) is 14.6. The average molecular weight is 358 g/mol. The van der Waals surface area contributed by atoms with Crippen molar-refractivity contribution >= 4 is 18.3 Å². The van der Waals surface area contributed by atoms with Crippen LogP contribution in [0.15, 0.2) is 18.2 Å². The van der Waals surface area contributed by atoms with E-state index in [0.29, 0.717) is 30.2 Å². The molecule has 1 heterocycles. The zero-order valence-electron chi connectivity index (χ0n) is 14.5. The van der Waals surface area contributed by atoms with Gasteiger partial charge in [-0.1, -0.05) is 0 Å². The van der Waals surface area contributed by atoms with Gasteiger partial charge in [0.05, 0.1) is 13.7 Å². The Morgan fingerprint density at radius 1 is 1.29 bits per heavy atom. The molecule has 0 aliphatic carbocycles. The van der Waals surface area contributed by atoms with Crippen LogP contribution in [0.5, 0.6) is 11.5 Å². The number of nitrogens with one attached hydrogen (secondary N) is 2. The summed E-state index contributed by atoms with van der Waals surface area (Å²) in [5.74, 6) is 1.16. The van der Waals surface area contributed by atoms with Crippen LogP contribution < -0.4 is 20.1 Å². The molecule has 0 aromatic heterocycles. The van der Waals surface area contributed by atoms with Gasteiger partial charge in [0.1, 0.15) is 0 Å². The van der Waals surface area contributed by atoms with Gasteiger partial charge in [-0.05, 0) is 38.1 Å². The molecular formula is C17H28ClN3O3. The summed E-state index contributed by atoms with van der Waals surface area (Å²) >= 11 is 0. The molecule has 24 heavy (non-hydrogen) atoms. The molecule has 136 valence electrons. The molecule has 1 aromatic rings. The summed E-state index contributed by atoms with van der Waals surface area (Å²) in [7, 11) is 1.58. The van der Waals surface area contributed by atoms with Gasteiger partial charge in [0.15, 0.2) is 11.5 Å². The number of ether oxygens (including phenoxy) is 2. The number of carbonyl (C=O) groups excluding carboxylic acids is 1. The van der Waals surface area contributed by atoms with Crippen LogP contribution in [0.4, 0.5) is 0 Å². The Morgan fingerprint density at radius 3 is 2.71 bits per heavy atom. The van der Waals surface area contributed by atoms with Crippen LogP contribution >= 0.6 is 12.4 Å². The molecule has 0 atom stereocenters. The van der Waals surface area contributed by atoms with Crippen LogP contribution in [0.25, 0.3) is 0 Å². The monoisotopic (exact) mass is 357 g/mol. The van der Waals surface area contributed by atoms with Crippen molar-refractivity contribution in [2.24, 2.45) is 0 Å². The van der Waals surface area contributed by atoms with E-state index < -0.39 is 0 Å². The fraction of sp³-hybridized carbons (Fsp3) is 0.588.